The van der Waals surface area contributed by atoms with Crippen molar-refractivity contribution in [3.8, 4) is 0 Å². The fourth-order valence-corrected chi connectivity index (χ4v) is 1.56. The highest BCUT2D eigenvalue weighted by molar-refractivity contribution is 6.52. The summed E-state index contributed by atoms with van der Waals surface area (Å²) in [4.78, 5) is 31.7. The maximum atomic E-state index is 12.7. The van der Waals surface area contributed by atoms with Crippen molar-refractivity contribution in [3.05, 3.63) is 33.4 Å². The maximum absolute atomic E-state index is 12.7. The molecule has 0 spiro atoms. The molecule has 1 amide bonds. The van der Waals surface area contributed by atoms with E-state index in [2.05, 4.69) is 0 Å². The van der Waals surface area contributed by atoms with Gasteiger partial charge in [0.25, 0.3) is 17.4 Å². The van der Waals surface area contributed by atoms with Crippen LogP contribution in [0.5, 0.6) is 0 Å². The van der Waals surface area contributed by atoms with Crippen LogP contribution in [0.25, 0.3) is 0 Å². The van der Waals surface area contributed by atoms with Crippen LogP contribution in [0.1, 0.15) is 15.9 Å². The number of hydrogen-bond acceptors (Lipinski definition) is 4. The second-order valence-electron chi connectivity index (χ2n) is 3.45. The highest BCUT2D eigenvalue weighted by Crippen LogP contribution is 2.41. The molecule has 0 saturated heterocycles. The van der Waals surface area contributed by atoms with Crippen molar-refractivity contribution in [3.63, 3.8) is 0 Å². The molecule has 1 aliphatic rings. The van der Waals surface area contributed by atoms with Crippen LogP contribution in [0.15, 0.2) is 12.1 Å². The van der Waals surface area contributed by atoms with Gasteiger partial charge in [-0.2, -0.15) is 13.2 Å². The van der Waals surface area contributed by atoms with Crippen molar-refractivity contribution in [1.29, 1.82) is 0 Å². The summed E-state index contributed by atoms with van der Waals surface area (Å²) in [7, 11) is 0. The highest BCUT2D eigenvalue weighted by Gasteiger charge is 2.42. The Labute approximate surface area is 96.5 Å². The largest absolute Gasteiger partial charge is 0.418 e. The quantitative estimate of drug-likeness (QED) is 0.473. The summed E-state index contributed by atoms with van der Waals surface area (Å²) in [6.07, 6.45) is -4.91. The fraction of sp³-hybridized carbons (Fsp3) is 0.111. The van der Waals surface area contributed by atoms with Gasteiger partial charge in [-0.05, 0) is 0 Å². The lowest BCUT2D eigenvalue weighted by Gasteiger charge is -2.10. The van der Waals surface area contributed by atoms with E-state index in [-0.39, 0.29) is 6.07 Å². The van der Waals surface area contributed by atoms with Crippen LogP contribution in [0.3, 0.4) is 0 Å². The first-order chi connectivity index (χ1) is 8.21. The molecule has 1 heterocycles. The van der Waals surface area contributed by atoms with Crippen molar-refractivity contribution >= 4 is 23.1 Å². The molecule has 0 bridgehead atoms. The Morgan fingerprint density at radius 3 is 2.33 bits per heavy atom. The van der Waals surface area contributed by atoms with Crippen LogP contribution in [0.2, 0.25) is 0 Å². The summed E-state index contributed by atoms with van der Waals surface area (Å²) in [6.45, 7) is 0. The van der Waals surface area contributed by atoms with Crippen LogP contribution >= 0.6 is 0 Å². The second-order valence-corrected chi connectivity index (χ2v) is 3.45. The third kappa shape index (κ3) is 1.69. The van der Waals surface area contributed by atoms with Crippen LogP contribution in [0, 0.1) is 10.1 Å². The smallest absolute Gasteiger partial charge is 0.318 e. The Balaban J connectivity index is 2.76. The number of nitro groups is 1. The van der Waals surface area contributed by atoms with Crippen LogP contribution < -0.4 is 5.32 Å². The molecule has 6 nitrogen and oxygen atoms in total. The predicted molar refractivity (Wildman–Crippen MR) is 51.1 cm³/mol. The van der Waals surface area contributed by atoms with Gasteiger partial charge in [-0.15, -0.1) is 0 Å². The first kappa shape index (κ1) is 12.0. The predicted octanol–water partition coefficient (Wildman–Crippen LogP) is 1.75. The highest BCUT2D eigenvalue weighted by atomic mass is 19.4. The minimum atomic E-state index is -4.91. The molecule has 9 heteroatoms. The number of anilines is 1. The van der Waals surface area contributed by atoms with E-state index >= 15 is 0 Å². The summed E-state index contributed by atoms with van der Waals surface area (Å²) >= 11 is 0. The zero-order valence-electron chi connectivity index (χ0n) is 8.37. The number of ketones is 1. The maximum Gasteiger partial charge on any atom is 0.418 e. The normalized spacial score (nSPS) is 14.4. The zero-order valence-corrected chi connectivity index (χ0v) is 8.37. The van der Waals surface area contributed by atoms with E-state index in [0.29, 0.717) is 6.07 Å². The number of nitrogens with zero attached hydrogens (tertiary/aromatic N) is 1. The van der Waals surface area contributed by atoms with E-state index in [1.54, 1.807) is 5.32 Å². The Hall–Kier alpha value is -2.45. The summed E-state index contributed by atoms with van der Waals surface area (Å²) in [5.41, 5.74) is -3.68. The lowest BCUT2D eigenvalue weighted by Crippen LogP contribution is -2.13. The molecule has 0 unspecified atom stereocenters. The van der Waals surface area contributed by atoms with Gasteiger partial charge < -0.3 is 5.32 Å². The number of amides is 1. The van der Waals surface area contributed by atoms with Gasteiger partial charge >= 0.3 is 6.18 Å². The molecule has 94 valence electrons. The van der Waals surface area contributed by atoms with Crippen LogP contribution in [-0.4, -0.2) is 16.6 Å². The van der Waals surface area contributed by atoms with Crippen molar-refractivity contribution in [2.45, 2.75) is 6.18 Å². The summed E-state index contributed by atoms with van der Waals surface area (Å²) in [5.74, 6) is -2.46. The van der Waals surface area contributed by atoms with E-state index < -0.39 is 45.3 Å². The minimum absolute atomic E-state index is 0.276. The molecular weight excluding hydrogens is 257 g/mol. The van der Waals surface area contributed by atoms with Crippen LogP contribution in [-0.2, 0) is 11.0 Å². The number of rotatable bonds is 1. The fourth-order valence-electron chi connectivity index (χ4n) is 1.56. The molecule has 0 aromatic heterocycles. The SMILES string of the molecule is O=C1Nc2c(cc([N+](=O)[O-])cc2C(F)(F)F)C1=O. The zero-order chi connectivity index (χ0) is 13.7. The molecule has 0 saturated carbocycles. The molecule has 1 N–H and O–H groups in total. The van der Waals surface area contributed by atoms with E-state index in [0.717, 1.165) is 0 Å². The Bertz CT molecular complexity index is 594. The van der Waals surface area contributed by atoms with Gasteiger partial charge in [-0.25, -0.2) is 0 Å². The van der Waals surface area contributed by atoms with E-state index in [1.807, 2.05) is 0 Å². The summed E-state index contributed by atoms with van der Waals surface area (Å²) in [5, 5.41) is 12.2. The lowest BCUT2D eigenvalue weighted by atomic mass is 10.1. The average Bonchev–Trinajstić information content (AvgIpc) is 2.52. The molecule has 2 rings (SSSR count). The van der Waals surface area contributed by atoms with Crippen LogP contribution in [0.4, 0.5) is 24.5 Å². The van der Waals surface area contributed by atoms with Crippen molar-refractivity contribution in [2.75, 3.05) is 5.32 Å². The number of carbonyl (C=O) groups is 2. The molecule has 0 atom stereocenters. The Morgan fingerprint density at radius 2 is 1.83 bits per heavy atom. The lowest BCUT2D eigenvalue weighted by molar-refractivity contribution is -0.385. The standard InChI is InChI=1S/C9H3F3N2O4/c10-9(11,12)5-2-3(14(17)18)1-4-6(5)13-8(16)7(4)15/h1-2H,(H,13,15,16). The van der Waals surface area contributed by atoms with Crippen molar-refractivity contribution in [2.24, 2.45) is 0 Å². The van der Waals surface area contributed by atoms with E-state index in [4.69, 9.17) is 0 Å². The van der Waals surface area contributed by atoms with Gasteiger partial charge in [0.2, 0.25) is 0 Å². The average molecular weight is 260 g/mol. The third-order valence-electron chi connectivity index (χ3n) is 2.33. The minimum Gasteiger partial charge on any atom is -0.318 e. The van der Waals surface area contributed by atoms with Crippen molar-refractivity contribution in [1.82, 2.24) is 0 Å². The Kier molecular flexibility index (Phi) is 2.35. The van der Waals surface area contributed by atoms with Gasteiger partial charge in [-0.3, -0.25) is 19.7 Å². The number of hydrogen-bond donors (Lipinski definition) is 1. The molecular formula is C9H3F3N2O4. The number of alkyl halides is 3. The molecule has 1 aromatic rings. The summed E-state index contributed by atoms with van der Waals surface area (Å²) < 4.78 is 38.0. The summed E-state index contributed by atoms with van der Waals surface area (Å²) in [6, 6.07) is 0.919. The first-order valence-electron chi connectivity index (χ1n) is 4.47. The number of Topliss-reactive ketones (excluding diaryl/α,β-unsaturated/α-hetero) is 1. The number of nitrogens with one attached hydrogen (secondary N) is 1. The molecule has 18 heavy (non-hydrogen) atoms. The number of nitro benzene ring substituents is 1. The number of fused-ring (bicyclic) bond motifs is 1. The van der Waals surface area contributed by atoms with Crippen molar-refractivity contribution < 1.29 is 27.7 Å². The van der Waals surface area contributed by atoms with Gasteiger partial charge in [0.1, 0.15) is 0 Å². The second kappa shape index (κ2) is 3.52. The molecule has 0 aliphatic carbocycles. The first-order valence-corrected chi connectivity index (χ1v) is 4.47. The number of halogens is 3. The third-order valence-corrected chi connectivity index (χ3v) is 2.33. The number of carbonyl (C=O) groups excluding carboxylic acids is 2. The molecule has 1 aromatic carbocycles. The van der Waals surface area contributed by atoms with E-state index in [1.165, 1.54) is 0 Å². The Morgan fingerprint density at radius 1 is 1.22 bits per heavy atom. The number of non-ortho nitro benzene ring substituents is 1. The number of benzene rings is 1. The van der Waals surface area contributed by atoms with Gasteiger partial charge in [0.05, 0.1) is 21.7 Å². The monoisotopic (exact) mass is 260 g/mol. The molecule has 1 aliphatic heterocycles. The molecule has 0 fully saturated rings. The van der Waals surface area contributed by atoms with E-state index in [9.17, 15) is 32.9 Å². The van der Waals surface area contributed by atoms with Gasteiger partial charge in [0.15, 0.2) is 0 Å². The van der Waals surface area contributed by atoms with Gasteiger partial charge in [0, 0.05) is 12.1 Å². The molecule has 0 radical (unpaired) electrons. The topological polar surface area (TPSA) is 89.3 Å². The van der Waals surface area contributed by atoms with Gasteiger partial charge in [-0.1, -0.05) is 0 Å².